The van der Waals surface area contributed by atoms with Crippen LogP contribution in [-0.4, -0.2) is 19.6 Å². The van der Waals surface area contributed by atoms with Gasteiger partial charge in [-0.15, -0.1) is 11.3 Å². The first-order valence-electron chi connectivity index (χ1n) is 6.09. The lowest BCUT2D eigenvalue weighted by molar-refractivity contribution is 0.494. The minimum atomic E-state index is 0.383. The van der Waals surface area contributed by atoms with Crippen molar-refractivity contribution >= 4 is 21.4 Å². The van der Waals surface area contributed by atoms with Crippen molar-refractivity contribution in [3.63, 3.8) is 0 Å². The van der Waals surface area contributed by atoms with Crippen molar-refractivity contribution in [3.8, 4) is 0 Å². The van der Waals surface area contributed by atoms with Gasteiger partial charge in [-0.2, -0.15) is 0 Å². The molecule has 1 heterocycles. The number of benzene rings is 1. The number of rotatable bonds is 5. The zero-order valence-electron chi connectivity index (χ0n) is 10.7. The van der Waals surface area contributed by atoms with Crippen molar-refractivity contribution in [1.82, 2.24) is 10.6 Å². The molecule has 2 aromatic rings. The van der Waals surface area contributed by atoms with Crippen molar-refractivity contribution < 1.29 is 0 Å². The van der Waals surface area contributed by atoms with Gasteiger partial charge in [-0.25, -0.2) is 0 Å². The Morgan fingerprint density at radius 3 is 2.71 bits per heavy atom. The van der Waals surface area contributed by atoms with Crippen LogP contribution in [0, 0.1) is 0 Å². The zero-order chi connectivity index (χ0) is 12.3. The van der Waals surface area contributed by atoms with Gasteiger partial charge < -0.3 is 10.6 Å². The Kier molecular flexibility index (Phi) is 4.15. The van der Waals surface area contributed by atoms with E-state index in [2.05, 4.69) is 54.1 Å². The van der Waals surface area contributed by atoms with E-state index in [1.807, 2.05) is 18.4 Å². The van der Waals surface area contributed by atoms with Gasteiger partial charge >= 0.3 is 0 Å². The normalized spacial score (nSPS) is 13.4. The van der Waals surface area contributed by atoms with Crippen molar-refractivity contribution in [1.29, 1.82) is 0 Å². The largest absolute Gasteiger partial charge is 0.313 e. The van der Waals surface area contributed by atoms with Crippen molar-refractivity contribution in [2.45, 2.75) is 25.9 Å². The molecule has 0 aliphatic heterocycles. The summed E-state index contributed by atoms with van der Waals surface area (Å²) < 4.78 is 1.37. The molecule has 2 N–H and O–H groups in total. The summed E-state index contributed by atoms with van der Waals surface area (Å²) in [5.41, 5.74) is 1.40. The zero-order valence-corrected chi connectivity index (χ0v) is 11.5. The van der Waals surface area contributed by atoms with Crippen LogP contribution >= 0.6 is 11.3 Å². The van der Waals surface area contributed by atoms with E-state index in [0.29, 0.717) is 12.1 Å². The average molecular weight is 248 g/mol. The number of hydrogen-bond donors (Lipinski definition) is 2. The smallest absolute Gasteiger partial charge is 0.0458 e. The third-order valence-electron chi connectivity index (χ3n) is 2.97. The summed E-state index contributed by atoms with van der Waals surface area (Å²) in [5, 5.41) is 10.5. The molecule has 1 atom stereocenters. The summed E-state index contributed by atoms with van der Waals surface area (Å²) in [6.07, 6.45) is 0. The van der Waals surface area contributed by atoms with E-state index >= 15 is 0 Å². The summed E-state index contributed by atoms with van der Waals surface area (Å²) >= 11 is 1.82. The van der Waals surface area contributed by atoms with Gasteiger partial charge in [0.05, 0.1) is 0 Å². The molecule has 0 bridgehead atoms. The fourth-order valence-corrected chi connectivity index (χ4v) is 3.00. The lowest BCUT2D eigenvalue weighted by Crippen LogP contribution is -2.33. The predicted octanol–water partition coefficient (Wildman–Crippen LogP) is 3.16. The number of likely N-dealkylation sites (N-methyl/N-ethyl adjacent to an activating group) is 1. The Hall–Kier alpha value is -0.900. The Bertz CT molecular complexity index is 476. The summed E-state index contributed by atoms with van der Waals surface area (Å²) in [6, 6.07) is 9.52. The minimum Gasteiger partial charge on any atom is -0.313 e. The Morgan fingerprint density at radius 1 is 1.24 bits per heavy atom. The molecule has 2 nitrogen and oxygen atoms in total. The molecule has 0 radical (unpaired) electrons. The van der Waals surface area contributed by atoms with Crippen molar-refractivity contribution in [3.05, 3.63) is 35.2 Å². The van der Waals surface area contributed by atoms with Crippen LogP contribution in [0.4, 0.5) is 0 Å². The number of thiophene rings is 1. The molecule has 0 aliphatic rings. The number of nitrogens with one attached hydrogen (secondary N) is 2. The first kappa shape index (κ1) is 12.6. The topological polar surface area (TPSA) is 24.1 Å². The molecule has 2 rings (SSSR count). The van der Waals surface area contributed by atoms with Crippen LogP contribution in [-0.2, 0) is 0 Å². The molecule has 17 heavy (non-hydrogen) atoms. The van der Waals surface area contributed by atoms with E-state index in [1.165, 1.54) is 15.6 Å². The molecule has 0 spiro atoms. The van der Waals surface area contributed by atoms with Crippen molar-refractivity contribution in [2.24, 2.45) is 0 Å². The highest BCUT2D eigenvalue weighted by atomic mass is 32.1. The molecule has 1 unspecified atom stereocenters. The van der Waals surface area contributed by atoms with E-state index in [1.54, 1.807) is 0 Å². The predicted molar refractivity (Wildman–Crippen MR) is 76.8 cm³/mol. The van der Waals surface area contributed by atoms with Crippen molar-refractivity contribution in [2.75, 3.05) is 13.6 Å². The standard InChI is InChI=1S/C14H20N2S/c1-10(2)16-8-13(15-3)12-9-17-14-7-5-4-6-11(12)14/h4-7,9-10,13,15-16H,8H2,1-3H3. The van der Waals surface area contributed by atoms with Gasteiger partial charge in [0.15, 0.2) is 0 Å². The van der Waals surface area contributed by atoms with Crippen LogP contribution in [0.15, 0.2) is 29.6 Å². The van der Waals surface area contributed by atoms with Gasteiger partial charge in [-0.1, -0.05) is 32.0 Å². The van der Waals surface area contributed by atoms with Crippen LogP contribution in [0.1, 0.15) is 25.5 Å². The molecule has 3 heteroatoms. The Morgan fingerprint density at radius 2 is 2.00 bits per heavy atom. The fourth-order valence-electron chi connectivity index (χ4n) is 1.99. The summed E-state index contributed by atoms with van der Waals surface area (Å²) in [5.74, 6) is 0. The monoisotopic (exact) mass is 248 g/mol. The minimum absolute atomic E-state index is 0.383. The molecule has 0 saturated carbocycles. The van der Waals surface area contributed by atoms with E-state index in [9.17, 15) is 0 Å². The maximum atomic E-state index is 3.49. The van der Waals surface area contributed by atoms with E-state index in [0.717, 1.165) is 6.54 Å². The fraction of sp³-hybridized carbons (Fsp3) is 0.429. The maximum absolute atomic E-state index is 3.49. The van der Waals surface area contributed by atoms with E-state index < -0.39 is 0 Å². The van der Waals surface area contributed by atoms with Gasteiger partial charge in [-0.05, 0) is 29.4 Å². The average Bonchev–Trinajstić information content (AvgIpc) is 2.74. The molecule has 0 amide bonds. The number of fused-ring (bicyclic) bond motifs is 1. The second-order valence-corrected chi connectivity index (χ2v) is 5.50. The summed E-state index contributed by atoms with van der Waals surface area (Å²) in [6.45, 7) is 5.33. The molecule has 0 saturated heterocycles. The lowest BCUT2D eigenvalue weighted by atomic mass is 10.1. The molecular formula is C14H20N2S. The van der Waals surface area contributed by atoms with Crippen LogP contribution in [0.2, 0.25) is 0 Å². The third-order valence-corrected chi connectivity index (χ3v) is 3.95. The first-order chi connectivity index (χ1) is 8.22. The van der Waals surface area contributed by atoms with Gasteiger partial charge in [0.25, 0.3) is 0 Å². The van der Waals surface area contributed by atoms with Crippen LogP contribution in [0.3, 0.4) is 0 Å². The highest BCUT2D eigenvalue weighted by Crippen LogP contribution is 2.29. The molecular weight excluding hydrogens is 228 g/mol. The van der Waals surface area contributed by atoms with Crippen LogP contribution in [0.5, 0.6) is 0 Å². The first-order valence-corrected chi connectivity index (χ1v) is 6.97. The van der Waals surface area contributed by atoms with Gasteiger partial charge in [0.2, 0.25) is 0 Å². The molecule has 0 aliphatic carbocycles. The van der Waals surface area contributed by atoms with E-state index in [-0.39, 0.29) is 0 Å². The summed E-state index contributed by atoms with van der Waals surface area (Å²) in [4.78, 5) is 0. The number of hydrogen-bond acceptors (Lipinski definition) is 3. The third kappa shape index (κ3) is 2.86. The molecule has 0 fully saturated rings. The Labute approximate surface area is 107 Å². The molecule has 1 aromatic heterocycles. The van der Waals surface area contributed by atoms with Crippen LogP contribution in [0.25, 0.3) is 10.1 Å². The molecule has 92 valence electrons. The highest BCUT2D eigenvalue weighted by molar-refractivity contribution is 7.17. The Balaban J connectivity index is 2.24. The van der Waals surface area contributed by atoms with Gasteiger partial charge in [-0.3, -0.25) is 0 Å². The van der Waals surface area contributed by atoms with Crippen LogP contribution < -0.4 is 10.6 Å². The van der Waals surface area contributed by atoms with E-state index in [4.69, 9.17) is 0 Å². The highest BCUT2D eigenvalue weighted by Gasteiger charge is 2.13. The lowest BCUT2D eigenvalue weighted by Gasteiger charge is -2.18. The maximum Gasteiger partial charge on any atom is 0.0458 e. The quantitative estimate of drug-likeness (QED) is 0.849. The molecule has 1 aromatic carbocycles. The summed E-state index contributed by atoms with van der Waals surface area (Å²) in [7, 11) is 2.03. The van der Waals surface area contributed by atoms with Gasteiger partial charge in [0, 0.05) is 23.3 Å². The van der Waals surface area contributed by atoms with Gasteiger partial charge in [0.1, 0.15) is 0 Å². The second kappa shape index (κ2) is 5.63. The second-order valence-electron chi connectivity index (χ2n) is 4.59. The SMILES string of the molecule is CNC(CNC(C)C)c1csc2ccccc12.